The van der Waals surface area contributed by atoms with Crippen LogP contribution in [-0.4, -0.2) is 32.1 Å². The second-order valence-corrected chi connectivity index (χ2v) is 6.10. The van der Waals surface area contributed by atoms with Gasteiger partial charge < -0.3 is 5.32 Å². The molecule has 2 atom stereocenters. The molecule has 2 aromatic rings. The molecule has 96 valence electrons. The van der Waals surface area contributed by atoms with Gasteiger partial charge in [-0.1, -0.05) is 0 Å². The number of hydrogen-bond acceptors (Lipinski definition) is 4. The summed E-state index contributed by atoms with van der Waals surface area (Å²) >= 11 is 1.98. The molecule has 0 amide bonds. The van der Waals surface area contributed by atoms with E-state index in [0.29, 0.717) is 6.04 Å². The second kappa shape index (κ2) is 4.80. The predicted molar refractivity (Wildman–Crippen MR) is 76.3 cm³/mol. The van der Waals surface area contributed by atoms with Crippen molar-refractivity contribution in [1.82, 2.24) is 14.6 Å². The molecule has 2 aromatic heterocycles. The average Bonchev–Trinajstić information content (AvgIpc) is 2.97. The summed E-state index contributed by atoms with van der Waals surface area (Å²) in [5, 5.41) is 8.71. The number of fused-ring (bicyclic) bond motifs is 1. The average molecular weight is 262 g/mol. The van der Waals surface area contributed by atoms with Gasteiger partial charge in [-0.15, -0.1) is 0 Å². The molecule has 1 aliphatic rings. The molecule has 2 heterocycles. The Morgan fingerprint density at radius 2 is 2.28 bits per heavy atom. The molecule has 0 spiro atoms. The van der Waals surface area contributed by atoms with E-state index in [4.69, 9.17) is 0 Å². The van der Waals surface area contributed by atoms with E-state index in [1.165, 1.54) is 24.8 Å². The Balaban J connectivity index is 1.84. The minimum absolute atomic E-state index is 0.566. The first-order valence-corrected chi connectivity index (χ1v) is 7.65. The summed E-state index contributed by atoms with van der Waals surface area (Å²) in [5.41, 5.74) is 2.13. The van der Waals surface area contributed by atoms with Gasteiger partial charge in [-0.05, 0) is 50.1 Å². The smallest absolute Gasteiger partial charge is 0.157 e. The summed E-state index contributed by atoms with van der Waals surface area (Å²) in [7, 11) is 0. The first-order valence-electron chi connectivity index (χ1n) is 6.36. The lowest BCUT2D eigenvalue weighted by atomic mass is 10.2. The summed E-state index contributed by atoms with van der Waals surface area (Å²) in [6, 6.07) is 4.77. The molecule has 18 heavy (non-hydrogen) atoms. The van der Waals surface area contributed by atoms with Gasteiger partial charge >= 0.3 is 0 Å². The number of rotatable bonds is 3. The quantitative estimate of drug-likeness (QED) is 0.923. The fraction of sp³-hybridized carbons (Fsp3) is 0.538. The van der Waals surface area contributed by atoms with Crippen LogP contribution in [0.4, 0.5) is 5.82 Å². The van der Waals surface area contributed by atoms with Crippen molar-refractivity contribution < 1.29 is 0 Å². The van der Waals surface area contributed by atoms with Crippen LogP contribution in [0, 0.1) is 6.92 Å². The zero-order valence-corrected chi connectivity index (χ0v) is 11.6. The van der Waals surface area contributed by atoms with Crippen LogP contribution in [0.5, 0.6) is 0 Å². The van der Waals surface area contributed by atoms with Crippen LogP contribution in [0.25, 0.3) is 5.65 Å². The zero-order chi connectivity index (χ0) is 12.5. The van der Waals surface area contributed by atoms with Crippen LogP contribution >= 0.6 is 11.8 Å². The normalized spacial score (nSPS) is 23.7. The van der Waals surface area contributed by atoms with E-state index in [0.717, 1.165) is 16.7 Å². The van der Waals surface area contributed by atoms with Crippen molar-refractivity contribution in [2.75, 3.05) is 11.6 Å². The first kappa shape index (κ1) is 11.8. The van der Waals surface area contributed by atoms with Gasteiger partial charge in [-0.25, -0.2) is 4.98 Å². The lowest BCUT2D eigenvalue weighted by Gasteiger charge is -2.15. The number of aryl methyl sites for hydroxylation is 1. The van der Waals surface area contributed by atoms with Gasteiger partial charge in [0.1, 0.15) is 12.1 Å². The number of aromatic nitrogens is 3. The fourth-order valence-electron chi connectivity index (χ4n) is 2.65. The van der Waals surface area contributed by atoms with Gasteiger partial charge in [0.2, 0.25) is 0 Å². The van der Waals surface area contributed by atoms with Crippen molar-refractivity contribution in [2.45, 2.75) is 37.5 Å². The third-order valence-electron chi connectivity index (χ3n) is 3.59. The molecule has 1 N–H and O–H groups in total. The van der Waals surface area contributed by atoms with Crippen molar-refractivity contribution in [3.05, 3.63) is 24.0 Å². The number of nitrogens with zero attached hydrogens (tertiary/aromatic N) is 3. The number of thioether (sulfide) groups is 1. The number of hydrogen-bond donors (Lipinski definition) is 1. The molecule has 1 fully saturated rings. The Labute approximate surface area is 111 Å². The van der Waals surface area contributed by atoms with E-state index in [1.54, 1.807) is 6.33 Å². The minimum atomic E-state index is 0.566. The van der Waals surface area contributed by atoms with Crippen LogP contribution < -0.4 is 5.32 Å². The Morgan fingerprint density at radius 1 is 1.39 bits per heavy atom. The maximum Gasteiger partial charge on any atom is 0.157 e. The Hall–Kier alpha value is -1.23. The van der Waals surface area contributed by atoms with Crippen LogP contribution in [0.2, 0.25) is 0 Å². The summed E-state index contributed by atoms with van der Waals surface area (Å²) in [6.07, 6.45) is 7.61. The van der Waals surface area contributed by atoms with E-state index < -0.39 is 0 Å². The van der Waals surface area contributed by atoms with Crippen LogP contribution in [0.3, 0.4) is 0 Å². The van der Waals surface area contributed by atoms with Gasteiger partial charge in [0.15, 0.2) is 5.65 Å². The maximum atomic E-state index is 4.28. The minimum Gasteiger partial charge on any atom is -0.367 e. The number of anilines is 1. The maximum absolute atomic E-state index is 4.28. The third-order valence-corrected chi connectivity index (χ3v) is 4.69. The van der Waals surface area contributed by atoms with E-state index >= 15 is 0 Å². The molecular weight excluding hydrogens is 244 g/mol. The Kier molecular flexibility index (Phi) is 3.16. The molecule has 0 radical (unpaired) electrons. The molecular formula is C13H18N4S. The standard InChI is InChI=1S/C13H18N4S/c1-9-5-12-14-8-15-17(12)13(6-9)16-10-3-4-11(7-10)18-2/h5-6,8,10-11,16H,3-4,7H2,1-2H3. The SMILES string of the molecule is CSC1CCC(Nc2cc(C)cc3ncnn23)C1. The molecule has 0 aliphatic heterocycles. The summed E-state index contributed by atoms with van der Waals surface area (Å²) in [6.45, 7) is 2.10. The van der Waals surface area contributed by atoms with Gasteiger partial charge in [0.05, 0.1) is 0 Å². The summed E-state index contributed by atoms with van der Waals surface area (Å²) < 4.78 is 1.89. The van der Waals surface area contributed by atoms with E-state index in [-0.39, 0.29) is 0 Å². The largest absolute Gasteiger partial charge is 0.367 e. The highest BCUT2D eigenvalue weighted by molar-refractivity contribution is 7.99. The van der Waals surface area contributed by atoms with Crippen molar-refractivity contribution in [2.24, 2.45) is 0 Å². The lowest BCUT2D eigenvalue weighted by Crippen LogP contribution is -2.18. The van der Waals surface area contributed by atoms with Gasteiger partial charge in [-0.3, -0.25) is 0 Å². The molecule has 5 heteroatoms. The van der Waals surface area contributed by atoms with Crippen molar-refractivity contribution in [3.8, 4) is 0 Å². The Morgan fingerprint density at radius 3 is 3.06 bits per heavy atom. The van der Waals surface area contributed by atoms with E-state index in [1.807, 2.05) is 16.3 Å². The molecule has 1 saturated carbocycles. The molecule has 2 unspecified atom stereocenters. The highest BCUT2D eigenvalue weighted by Crippen LogP contribution is 2.30. The molecule has 3 rings (SSSR count). The molecule has 4 nitrogen and oxygen atoms in total. The summed E-state index contributed by atoms with van der Waals surface area (Å²) in [4.78, 5) is 4.25. The van der Waals surface area contributed by atoms with Crippen LogP contribution in [-0.2, 0) is 0 Å². The molecule has 0 bridgehead atoms. The van der Waals surface area contributed by atoms with Crippen molar-refractivity contribution in [3.63, 3.8) is 0 Å². The fourth-order valence-corrected chi connectivity index (χ4v) is 3.45. The monoisotopic (exact) mass is 262 g/mol. The Bertz CT molecular complexity index is 551. The van der Waals surface area contributed by atoms with Crippen LogP contribution in [0.15, 0.2) is 18.5 Å². The predicted octanol–water partition coefficient (Wildman–Crippen LogP) is 2.73. The first-order chi connectivity index (χ1) is 8.76. The number of nitrogens with one attached hydrogen (secondary N) is 1. The van der Waals surface area contributed by atoms with Gasteiger partial charge in [0.25, 0.3) is 0 Å². The third kappa shape index (κ3) is 2.19. The molecule has 0 aromatic carbocycles. The highest BCUT2D eigenvalue weighted by Gasteiger charge is 2.24. The molecule has 1 aliphatic carbocycles. The van der Waals surface area contributed by atoms with E-state index in [2.05, 4.69) is 40.7 Å². The molecule has 0 saturated heterocycles. The number of pyridine rings is 1. The highest BCUT2D eigenvalue weighted by atomic mass is 32.2. The van der Waals surface area contributed by atoms with Crippen molar-refractivity contribution >= 4 is 23.2 Å². The lowest BCUT2D eigenvalue weighted by molar-refractivity contribution is 0.743. The second-order valence-electron chi connectivity index (χ2n) is 4.96. The van der Waals surface area contributed by atoms with Crippen LogP contribution in [0.1, 0.15) is 24.8 Å². The van der Waals surface area contributed by atoms with Gasteiger partial charge in [-0.2, -0.15) is 21.4 Å². The van der Waals surface area contributed by atoms with Gasteiger partial charge in [0, 0.05) is 11.3 Å². The zero-order valence-electron chi connectivity index (χ0n) is 10.8. The topological polar surface area (TPSA) is 42.2 Å². The van der Waals surface area contributed by atoms with E-state index in [9.17, 15) is 0 Å². The summed E-state index contributed by atoms with van der Waals surface area (Å²) in [5.74, 6) is 1.06. The van der Waals surface area contributed by atoms with Crippen molar-refractivity contribution in [1.29, 1.82) is 0 Å².